The number of ether oxygens (including phenoxy) is 1. The molecule has 5 heteroatoms. The second-order valence-corrected chi connectivity index (χ2v) is 10.8. The standard InChI is InChI=1S/C37H34N2O3/c1-42-32-19-22-39(23-20-32)25-27-12-10-26(11-13-27)14-15-29-8-5-9-33(37(41)36(40)30-6-3-2-4-7-30)35(29)31-17-16-28-18-21-38-34(28)24-31/h2-13,16-18,21,24,32,36,38,40H,19-20,22-23,25H2,1H3. The maximum absolute atomic E-state index is 13.7. The number of Topliss-reactive ketones (excluding diaryl/α,β-unsaturated/α-hetero) is 1. The molecule has 1 unspecified atom stereocenters. The van der Waals surface area contributed by atoms with E-state index in [1.807, 2.05) is 60.8 Å². The number of hydrogen-bond acceptors (Lipinski definition) is 4. The minimum Gasteiger partial charge on any atom is -0.381 e. The van der Waals surface area contributed by atoms with E-state index in [1.165, 1.54) is 5.56 Å². The summed E-state index contributed by atoms with van der Waals surface area (Å²) >= 11 is 0. The Kier molecular flexibility index (Phi) is 8.30. The molecule has 0 saturated carbocycles. The van der Waals surface area contributed by atoms with E-state index >= 15 is 0 Å². The second-order valence-electron chi connectivity index (χ2n) is 10.8. The van der Waals surface area contributed by atoms with Crippen LogP contribution in [0.5, 0.6) is 0 Å². The van der Waals surface area contributed by atoms with Crippen LogP contribution in [0, 0.1) is 11.8 Å². The highest BCUT2D eigenvalue weighted by Gasteiger charge is 2.24. The number of carbonyl (C=O) groups is 1. The lowest BCUT2D eigenvalue weighted by molar-refractivity contribution is 0.0388. The predicted octanol–water partition coefficient (Wildman–Crippen LogP) is 6.76. The fourth-order valence-electron chi connectivity index (χ4n) is 5.70. The van der Waals surface area contributed by atoms with Crippen LogP contribution in [-0.2, 0) is 11.3 Å². The molecule has 1 aromatic heterocycles. The van der Waals surface area contributed by atoms with Crippen LogP contribution < -0.4 is 0 Å². The number of nitrogens with zero attached hydrogens (tertiary/aromatic N) is 1. The number of aliphatic hydroxyl groups is 1. The molecule has 2 N–H and O–H groups in total. The average molecular weight is 555 g/mol. The summed E-state index contributed by atoms with van der Waals surface area (Å²) in [4.78, 5) is 19.4. The van der Waals surface area contributed by atoms with E-state index < -0.39 is 6.10 Å². The number of piperidine rings is 1. The van der Waals surface area contributed by atoms with Gasteiger partial charge in [-0.15, -0.1) is 0 Å². The van der Waals surface area contributed by atoms with E-state index in [1.54, 1.807) is 25.3 Å². The predicted molar refractivity (Wildman–Crippen MR) is 167 cm³/mol. The third-order valence-corrected chi connectivity index (χ3v) is 8.11. The maximum atomic E-state index is 13.7. The first-order valence-electron chi connectivity index (χ1n) is 14.4. The van der Waals surface area contributed by atoms with Crippen LogP contribution in [0.3, 0.4) is 0 Å². The van der Waals surface area contributed by atoms with E-state index in [0.717, 1.165) is 65.6 Å². The summed E-state index contributed by atoms with van der Waals surface area (Å²) in [5.41, 5.74) is 6.46. The lowest BCUT2D eigenvalue weighted by Crippen LogP contribution is -2.36. The Morgan fingerprint density at radius 1 is 0.952 bits per heavy atom. The quantitative estimate of drug-likeness (QED) is 0.172. The van der Waals surface area contributed by atoms with Gasteiger partial charge in [0.2, 0.25) is 0 Å². The summed E-state index contributed by atoms with van der Waals surface area (Å²) < 4.78 is 5.50. The van der Waals surface area contributed by atoms with Crippen molar-refractivity contribution in [3.63, 3.8) is 0 Å². The van der Waals surface area contributed by atoms with Crippen LogP contribution in [0.25, 0.3) is 22.0 Å². The molecule has 0 aliphatic carbocycles. The highest BCUT2D eigenvalue weighted by Crippen LogP contribution is 2.33. The number of likely N-dealkylation sites (tertiary alicyclic amines) is 1. The summed E-state index contributed by atoms with van der Waals surface area (Å²) in [5, 5.41) is 12.1. The molecule has 2 heterocycles. The Hall–Kier alpha value is -4.47. The number of methoxy groups -OCH3 is 1. The number of rotatable bonds is 7. The first kappa shape index (κ1) is 27.7. The monoisotopic (exact) mass is 554 g/mol. The molecule has 210 valence electrons. The van der Waals surface area contributed by atoms with Gasteiger partial charge in [0.15, 0.2) is 5.78 Å². The van der Waals surface area contributed by atoms with E-state index in [0.29, 0.717) is 17.2 Å². The summed E-state index contributed by atoms with van der Waals surface area (Å²) in [7, 11) is 1.80. The average Bonchev–Trinajstić information content (AvgIpc) is 3.52. The maximum Gasteiger partial charge on any atom is 0.196 e. The first-order valence-corrected chi connectivity index (χ1v) is 14.4. The fourth-order valence-corrected chi connectivity index (χ4v) is 5.70. The number of ketones is 1. The van der Waals surface area contributed by atoms with Crippen molar-refractivity contribution in [2.75, 3.05) is 20.2 Å². The number of hydrogen-bond donors (Lipinski definition) is 2. The Morgan fingerprint density at radius 3 is 2.50 bits per heavy atom. The normalized spacial score (nSPS) is 14.8. The highest BCUT2D eigenvalue weighted by molar-refractivity contribution is 6.07. The van der Waals surface area contributed by atoms with Crippen molar-refractivity contribution < 1.29 is 14.6 Å². The van der Waals surface area contributed by atoms with Gasteiger partial charge in [0.05, 0.1) is 6.10 Å². The number of benzene rings is 4. The molecule has 5 aromatic rings. The van der Waals surface area contributed by atoms with E-state index in [2.05, 4.69) is 46.0 Å². The summed E-state index contributed by atoms with van der Waals surface area (Å²) in [6.45, 7) is 3.01. The Morgan fingerprint density at radius 2 is 1.74 bits per heavy atom. The largest absolute Gasteiger partial charge is 0.381 e. The number of aromatic amines is 1. The van der Waals surface area contributed by atoms with Gasteiger partial charge in [0, 0.05) is 60.7 Å². The van der Waals surface area contributed by atoms with Gasteiger partial charge in [-0.25, -0.2) is 0 Å². The number of fused-ring (bicyclic) bond motifs is 1. The van der Waals surface area contributed by atoms with E-state index in [9.17, 15) is 9.90 Å². The van der Waals surface area contributed by atoms with Crippen molar-refractivity contribution in [1.82, 2.24) is 9.88 Å². The third-order valence-electron chi connectivity index (χ3n) is 8.11. The van der Waals surface area contributed by atoms with Crippen molar-refractivity contribution in [3.05, 3.63) is 131 Å². The topological polar surface area (TPSA) is 65.6 Å². The van der Waals surface area contributed by atoms with Crippen LogP contribution >= 0.6 is 0 Å². The molecule has 1 aliphatic heterocycles. The van der Waals surface area contributed by atoms with Gasteiger partial charge in [-0.3, -0.25) is 9.69 Å². The van der Waals surface area contributed by atoms with Crippen LogP contribution in [0.2, 0.25) is 0 Å². The van der Waals surface area contributed by atoms with Gasteiger partial charge in [-0.05, 0) is 65.3 Å². The molecule has 0 spiro atoms. The van der Waals surface area contributed by atoms with Crippen molar-refractivity contribution in [1.29, 1.82) is 0 Å². The number of aromatic nitrogens is 1. The number of H-pyrrole nitrogens is 1. The lowest BCUT2D eigenvalue weighted by atomic mass is 9.89. The van der Waals surface area contributed by atoms with Gasteiger partial charge in [0.1, 0.15) is 6.10 Å². The third kappa shape index (κ3) is 6.07. The first-order chi connectivity index (χ1) is 20.6. The highest BCUT2D eigenvalue weighted by atomic mass is 16.5. The molecule has 6 rings (SSSR count). The lowest BCUT2D eigenvalue weighted by Gasteiger charge is -2.31. The minimum absolute atomic E-state index is 0.356. The van der Waals surface area contributed by atoms with Gasteiger partial charge in [-0.2, -0.15) is 0 Å². The number of aliphatic hydroxyl groups excluding tert-OH is 1. The molecule has 0 amide bonds. The number of nitrogens with one attached hydrogen (secondary N) is 1. The summed E-state index contributed by atoms with van der Waals surface area (Å²) in [6, 6.07) is 31.1. The SMILES string of the molecule is COC1CCN(Cc2ccc(C#Cc3cccc(C(=O)C(O)c4ccccc4)c3-c3ccc4cc[nH]c4c3)cc2)CC1. The Bertz CT molecular complexity index is 1740. The molecule has 0 bridgehead atoms. The van der Waals surface area contributed by atoms with Crippen LogP contribution in [0.4, 0.5) is 0 Å². The summed E-state index contributed by atoms with van der Waals surface area (Å²) in [6.07, 6.45) is 3.15. The molecular formula is C37H34N2O3. The van der Waals surface area contributed by atoms with Crippen LogP contribution in [-0.4, -0.2) is 47.1 Å². The molecular weight excluding hydrogens is 520 g/mol. The van der Waals surface area contributed by atoms with Gasteiger partial charge in [0.25, 0.3) is 0 Å². The zero-order chi connectivity index (χ0) is 28.9. The minimum atomic E-state index is -1.27. The smallest absolute Gasteiger partial charge is 0.196 e. The molecule has 1 fully saturated rings. The molecule has 42 heavy (non-hydrogen) atoms. The van der Waals surface area contributed by atoms with Crippen LogP contribution in [0.1, 0.15) is 51.6 Å². The number of carbonyl (C=O) groups excluding carboxylic acids is 1. The van der Waals surface area contributed by atoms with E-state index in [4.69, 9.17) is 4.74 Å². The molecule has 1 aliphatic rings. The van der Waals surface area contributed by atoms with Crippen molar-refractivity contribution in [2.45, 2.75) is 31.6 Å². The Labute approximate surface area is 246 Å². The van der Waals surface area contributed by atoms with Crippen LogP contribution in [0.15, 0.2) is 103 Å². The molecule has 1 saturated heterocycles. The van der Waals surface area contributed by atoms with Crippen molar-refractivity contribution >= 4 is 16.7 Å². The second kappa shape index (κ2) is 12.6. The summed E-state index contributed by atoms with van der Waals surface area (Å²) in [5.74, 6) is 6.29. The molecule has 1 atom stereocenters. The van der Waals surface area contributed by atoms with Crippen molar-refractivity contribution in [2.24, 2.45) is 0 Å². The molecule has 4 aromatic carbocycles. The van der Waals surface area contributed by atoms with Gasteiger partial charge >= 0.3 is 0 Å². The fraction of sp³-hybridized carbons (Fsp3) is 0.216. The van der Waals surface area contributed by atoms with Gasteiger partial charge in [-0.1, -0.05) is 78.6 Å². The van der Waals surface area contributed by atoms with Gasteiger partial charge < -0.3 is 14.8 Å². The molecule has 5 nitrogen and oxygen atoms in total. The molecule has 0 radical (unpaired) electrons. The Balaban J connectivity index is 1.31. The van der Waals surface area contributed by atoms with Crippen molar-refractivity contribution in [3.8, 4) is 23.0 Å². The van der Waals surface area contributed by atoms with E-state index in [-0.39, 0.29) is 5.78 Å². The zero-order valence-corrected chi connectivity index (χ0v) is 23.7. The zero-order valence-electron chi connectivity index (χ0n) is 23.7.